The van der Waals surface area contributed by atoms with Crippen LogP contribution in [0.2, 0.25) is 0 Å². The largest absolute Gasteiger partial charge is 0.462 e. The third-order valence-corrected chi connectivity index (χ3v) is 5.68. The zero-order valence-corrected chi connectivity index (χ0v) is 16.5. The number of esters is 1. The molecule has 0 bridgehead atoms. The van der Waals surface area contributed by atoms with Crippen molar-refractivity contribution in [1.29, 1.82) is 0 Å². The average Bonchev–Trinajstić information content (AvgIpc) is 3.38. The summed E-state index contributed by atoms with van der Waals surface area (Å²) in [6.07, 6.45) is 2.69. The van der Waals surface area contributed by atoms with Crippen molar-refractivity contribution in [2.45, 2.75) is 32.7 Å². The molecule has 4 rings (SSSR count). The van der Waals surface area contributed by atoms with Crippen LogP contribution >= 0.6 is 11.3 Å². The number of tetrazole rings is 1. The van der Waals surface area contributed by atoms with Crippen LogP contribution in [-0.4, -0.2) is 38.7 Å². The number of carbonyl (C=O) groups excluding carboxylic acids is 2. The number of fused-ring (bicyclic) bond motifs is 1. The summed E-state index contributed by atoms with van der Waals surface area (Å²) in [4.78, 5) is 27.1. The molecule has 1 aromatic carbocycles. The van der Waals surface area contributed by atoms with Crippen LogP contribution in [-0.2, 0) is 28.9 Å². The summed E-state index contributed by atoms with van der Waals surface area (Å²) in [5.41, 5.74) is 1.89. The number of hydrogen-bond acceptors (Lipinski definition) is 7. The van der Waals surface area contributed by atoms with Crippen LogP contribution in [0.1, 0.15) is 34.1 Å². The van der Waals surface area contributed by atoms with E-state index in [1.165, 1.54) is 23.5 Å². The maximum Gasteiger partial charge on any atom is 0.341 e. The Morgan fingerprint density at radius 1 is 1.34 bits per heavy atom. The Bertz CT molecular complexity index is 1080. The van der Waals surface area contributed by atoms with E-state index in [2.05, 4.69) is 20.7 Å². The van der Waals surface area contributed by atoms with Crippen LogP contribution in [0.15, 0.2) is 24.3 Å². The minimum atomic E-state index is -0.422. The number of thiophene rings is 1. The number of benzene rings is 1. The van der Waals surface area contributed by atoms with Gasteiger partial charge in [0.1, 0.15) is 17.4 Å². The lowest BCUT2D eigenvalue weighted by molar-refractivity contribution is -0.117. The average molecular weight is 415 g/mol. The van der Waals surface area contributed by atoms with E-state index in [1.54, 1.807) is 19.1 Å². The molecule has 0 atom stereocenters. The molecule has 0 fully saturated rings. The summed E-state index contributed by atoms with van der Waals surface area (Å²) in [5, 5.41) is 15.1. The third kappa shape index (κ3) is 4.02. The molecular formula is C19H18FN5O3S. The number of hydrogen-bond donors (Lipinski definition) is 1. The van der Waals surface area contributed by atoms with Gasteiger partial charge in [0, 0.05) is 10.4 Å². The van der Waals surface area contributed by atoms with E-state index in [9.17, 15) is 14.0 Å². The molecule has 3 aromatic rings. The number of halogens is 1. The minimum Gasteiger partial charge on any atom is -0.462 e. The highest BCUT2D eigenvalue weighted by Gasteiger charge is 2.28. The second-order valence-electron chi connectivity index (χ2n) is 6.48. The van der Waals surface area contributed by atoms with E-state index < -0.39 is 17.7 Å². The van der Waals surface area contributed by atoms with Crippen LogP contribution < -0.4 is 5.32 Å². The zero-order chi connectivity index (χ0) is 20.4. The zero-order valence-electron chi connectivity index (χ0n) is 15.6. The van der Waals surface area contributed by atoms with Gasteiger partial charge in [-0.05, 0) is 49.1 Å². The van der Waals surface area contributed by atoms with Crippen LogP contribution in [0, 0.1) is 5.82 Å². The second-order valence-corrected chi connectivity index (χ2v) is 7.59. The van der Waals surface area contributed by atoms with E-state index >= 15 is 0 Å². The summed E-state index contributed by atoms with van der Waals surface area (Å²) in [6.45, 7) is 1.82. The fourth-order valence-electron chi connectivity index (χ4n) is 3.26. The predicted octanol–water partition coefficient (Wildman–Crippen LogP) is 2.84. The summed E-state index contributed by atoms with van der Waals surface area (Å²) in [7, 11) is 0. The standard InChI is InChI=1S/C19H18FN5O3S/c1-2-28-19(27)16-13-7-4-8-14(13)29-18(16)21-15(26)10-25-23-17(22-24-25)11-5-3-6-12(20)9-11/h3,5-6,9H,2,4,7-8,10H2,1H3,(H,21,26). The van der Waals surface area contributed by atoms with Gasteiger partial charge >= 0.3 is 5.97 Å². The van der Waals surface area contributed by atoms with Gasteiger partial charge in [0.15, 0.2) is 0 Å². The maximum atomic E-state index is 13.4. The number of anilines is 1. The smallest absolute Gasteiger partial charge is 0.341 e. The Balaban J connectivity index is 1.49. The molecule has 0 saturated heterocycles. The van der Waals surface area contributed by atoms with Gasteiger partial charge in [0.25, 0.3) is 0 Å². The molecule has 2 heterocycles. The molecule has 29 heavy (non-hydrogen) atoms. The number of amides is 1. The van der Waals surface area contributed by atoms with Crippen molar-refractivity contribution in [3.63, 3.8) is 0 Å². The molecule has 1 N–H and O–H groups in total. The minimum absolute atomic E-state index is 0.187. The highest BCUT2D eigenvalue weighted by atomic mass is 32.1. The van der Waals surface area contributed by atoms with Gasteiger partial charge < -0.3 is 10.1 Å². The molecular weight excluding hydrogens is 397 g/mol. The first kappa shape index (κ1) is 19.2. The molecule has 1 amide bonds. The van der Waals surface area contributed by atoms with Crippen molar-refractivity contribution >= 4 is 28.2 Å². The predicted molar refractivity (Wildman–Crippen MR) is 104 cm³/mol. The van der Waals surface area contributed by atoms with Crippen LogP contribution in [0.3, 0.4) is 0 Å². The third-order valence-electron chi connectivity index (χ3n) is 4.47. The lowest BCUT2D eigenvalue weighted by Gasteiger charge is -2.07. The van der Waals surface area contributed by atoms with E-state index in [4.69, 9.17) is 4.74 Å². The number of carbonyl (C=O) groups is 2. The maximum absolute atomic E-state index is 13.4. The van der Waals surface area contributed by atoms with Crippen molar-refractivity contribution < 1.29 is 18.7 Å². The number of nitrogens with one attached hydrogen (secondary N) is 1. The van der Waals surface area contributed by atoms with Gasteiger partial charge in [-0.2, -0.15) is 4.80 Å². The Hall–Kier alpha value is -3.14. The summed E-state index contributed by atoms with van der Waals surface area (Å²) < 4.78 is 18.5. The molecule has 0 spiro atoms. The first-order valence-corrected chi connectivity index (χ1v) is 10.0. The fourth-order valence-corrected chi connectivity index (χ4v) is 4.55. The van der Waals surface area contributed by atoms with Gasteiger partial charge in [0.05, 0.1) is 12.2 Å². The summed E-state index contributed by atoms with van der Waals surface area (Å²) in [5.74, 6) is -0.999. The molecule has 150 valence electrons. The van der Waals surface area contributed by atoms with Gasteiger partial charge in [-0.25, -0.2) is 9.18 Å². The molecule has 2 aromatic heterocycles. The highest BCUT2D eigenvalue weighted by molar-refractivity contribution is 7.17. The number of rotatable bonds is 6. The van der Waals surface area contributed by atoms with E-state index in [0.29, 0.717) is 16.1 Å². The molecule has 8 nitrogen and oxygen atoms in total. The molecule has 10 heteroatoms. The molecule has 1 aliphatic rings. The highest BCUT2D eigenvalue weighted by Crippen LogP contribution is 2.39. The van der Waals surface area contributed by atoms with Crippen LogP contribution in [0.4, 0.5) is 9.39 Å². The molecule has 0 unspecified atom stereocenters. The van der Waals surface area contributed by atoms with E-state index in [1.807, 2.05) is 0 Å². The van der Waals surface area contributed by atoms with Crippen molar-refractivity contribution in [1.82, 2.24) is 20.2 Å². The van der Waals surface area contributed by atoms with Crippen molar-refractivity contribution in [2.24, 2.45) is 0 Å². The fraction of sp³-hybridized carbons (Fsp3) is 0.316. The topological polar surface area (TPSA) is 99.0 Å². The Labute approximate surface area is 169 Å². The quantitative estimate of drug-likeness (QED) is 0.622. The van der Waals surface area contributed by atoms with Gasteiger partial charge in [-0.15, -0.1) is 21.5 Å². The van der Waals surface area contributed by atoms with Crippen LogP contribution in [0.25, 0.3) is 11.4 Å². The number of ether oxygens (including phenoxy) is 1. The number of aromatic nitrogens is 4. The van der Waals surface area contributed by atoms with E-state index in [-0.39, 0.29) is 19.0 Å². The molecule has 0 saturated carbocycles. The first-order chi connectivity index (χ1) is 14.0. The van der Waals surface area contributed by atoms with Gasteiger partial charge in [-0.3, -0.25) is 4.79 Å². The van der Waals surface area contributed by atoms with Crippen LogP contribution in [0.5, 0.6) is 0 Å². The Kier molecular flexibility index (Phi) is 5.34. The SMILES string of the molecule is CCOC(=O)c1c(NC(=O)Cn2nnc(-c3cccc(F)c3)n2)sc2c1CCC2. The molecule has 0 aliphatic heterocycles. The lowest BCUT2D eigenvalue weighted by Crippen LogP contribution is -2.21. The number of nitrogens with zero attached hydrogens (tertiary/aromatic N) is 4. The van der Waals surface area contributed by atoms with Crippen molar-refractivity contribution in [3.05, 3.63) is 46.1 Å². The summed E-state index contributed by atoms with van der Waals surface area (Å²) >= 11 is 1.41. The lowest BCUT2D eigenvalue weighted by atomic mass is 10.1. The van der Waals surface area contributed by atoms with E-state index in [0.717, 1.165) is 34.5 Å². The van der Waals surface area contributed by atoms with Crippen molar-refractivity contribution in [3.8, 4) is 11.4 Å². The van der Waals surface area contributed by atoms with Crippen molar-refractivity contribution in [2.75, 3.05) is 11.9 Å². The normalized spacial score (nSPS) is 12.6. The second kappa shape index (κ2) is 8.08. The Morgan fingerprint density at radius 2 is 2.21 bits per heavy atom. The van der Waals surface area contributed by atoms with Gasteiger partial charge in [-0.1, -0.05) is 12.1 Å². The first-order valence-electron chi connectivity index (χ1n) is 9.20. The van der Waals surface area contributed by atoms with Gasteiger partial charge in [0.2, 0.25) is 11.7 Å². The molecule has 0 radical (unpaired) electrons. The Morgan fingerprint density at radius 3 is 3.00 bits per heavy atom. The molecule has 1 aliphatic carbocycles. The number of aryl methyl sites for hydroxylation is 1. The monoisotopic (exact) mass is 415 g/mol. The summed E-state index contributed by atoms with van der Waals surface area (Å²) in [6, 6.07) is 5.81.